The van der Waals surface area contributed by atoms with Crippen LogP contribution in [0.4, 0.5) is 0 Å². The van der Waals surface area contributed by atoms with Gasteiger partial charge in [-0.1, -0.05) is 23.7 Å². The van der Waals surface area contributed by atoms with Crippen molar-refractivity contribution in [1.82, 2.24) is 4.90 Å². The Balaban J connectivity index is 2.28. The SMILES string of the molecule is CC(=O)N1CCC(C(N)=O)(c2ccc(Cl)cc2)CC1. The summed E-state index contributed by atoms with van der Waals surface area (Å²) in [6.07, 6.45) is 1.12. The number of carbonyl (C=O) groups excluding carboxylic acids is 2. The van der Waals surface area contributed by atoms with Gasteiger partial charge in [-0.2, -0.15) is 0 Å². The summed E-state index contributed by atoms with van der Waals surface area (Å²) < 4.78 is 0. The van der Waals surface area contributed by atoms with Gasteiger partial charge in [0.1, 0.15) is 0 Å². The molecule has 0 aliphatic carbocycles. The molecule has 1 saturated heterocycles. The number of likely N-dealkylation sites (tertiary alicyclic amines) is 1. The van der Waals surface area contributed by atoms with E-state index < -0.39 is 5.41 Å². The second-order valence-electron chi connectivity index (χ2n) is 4.96. The number of rotatable bonds is 2. The average Bonchev–Trinajstić information content (AvgIpc) is 2.39. The minimum atomic E-state index is -0.684. The molecule has 0 atom stereocenters. The van der Waals surface area contributed by atoms with Crippen molar-refractivity contribution in [2.75, 3.05) is 13.1 Å². The van der Waals surface area contributed by atoms with E-state index in [0.717, 1.165) is 5.56 Å². The topological polar surface area (TPSA) is 63.4 Å². The standard InChI is InChI=1S/C14H17ClN2O2/c1-10(18)17-8-6-14(7-9-17,13(16)19)11-2-4-12(15)5-3-11/h2-5H,6-9H2,1H3,(H2,16,19). The summed E-state index contributed by atoms with van der Waals surface area (Å²) in [5, 5.41) is 0.629. The molecule has 1 fully saturated rings. The predicted molar refractivity (Wildman–Crippen MR) is 73.8 cm³/mol. The van der Waals surface area contributed by atoms with Gasteiger partial charge in [0.15, 0.2) is 0 Å². The predicted octanol–water partition coefficient (Wildman–Crippen LogP) is 1.71. The maximum Gasteiger partial charge on any atom is 0.228 e. The van der Waals surface area contributed by atoms with Gasteiger partial charge in [0, 0.05) is 25.0 Å². The summed E-state index contributed by atoms with van der Waals surface area (Å²) >= 11 is 5.87. The van der Waals surface area contributed by atoms with Crippen LogP contribution in [-0.2, 0) is 15.0 Å². The molecule has 1 aromatic carbocycles. The van der Waals surface area contributed by atoms with Gasteiger partial charge in [-0.15, -0.1) is 0 Å². The van der Waals surface area contributed by atoms with Crippen molar-refractivity contribution in [3.05, 3.63) is 34.9 Å². The van der Waals surface area contributed by atoms with Gasteiger partial charge in [0.05, 0.1) is 5.41 Å². The fourth-order valence-electron chi connectivity index (χ4n) is 2.65. The van der Waals surface area contributed by atoms with Gasteiger partial charge in [-0.25, -0.2) is 0 Å². The molecule has 0 bridgehead atoms. The number of hydrogen-bond donors (Lipinski definition) is 1. The summed E-state index contributed by atoms with van der Waals surface area (Å²) in [4.78, 5) is 25.0. The smallest absolute Gasteiger partial charge is 0.228 e. The molecule has 0 radical (unpaired) electrons. The minimum absolute atomic E-state index is 0.0363. The highest BCUT2D eigenvalue weighted by Gasteiger charge is 2.41. The van der Waals surface area contributed by atoms with Crippen molar-refractivity contribution in [3.63, 3.8) is 0 Å². The maximum atomic E-state index is 11.9. The van der Waals surface area contributed by atoms with E-state index in [4.69, 9.17) is 17.3 Å². The first kappa shape index (κ1) is 13.9. The summed E-state index contributed by atoms with van der Waals surface area (Å²) in [5.74, 6) is -0.299. The highest BCUT2D eigenvalue weighted by molar-refractivity contribution is 6.30. The van der Waals surface area contributed by atoms with E-state index in [1.807, 2.05) is 12.1 Å². The molecule has 102 valence electrons. The van der Waals surface area contributed by atoms with Crippen LogP contribution in [-0.4, -0.2) is 29.8 Å². The molecule has 0 spiro atoms. The Bertz CT molecular complexity index is 491. The third kappa shape index (κ3) is 2.59. The van der Waals surface area contributed by atoms with E-state index in [0.29, 0.717) is 31.0 Å². The number of benzene rings is 1. The quantitative estimate of drug-likeness (QED) is 0.896. The molecule has 1 aromatic rings. The van der Waals surface area contributed by atoms with E-state index in [-0.39, 0.29) is 11.8 Å². The molecule has 2 N–H and O–H groups in total. The lowest BCUT2D eigenvalue weighted by atomic mass is 9.72. The molecule has 0 aromatic heterocycles. The second-order valence-corrected chi connectivity index (χ2v) is 5.40. The Hall–Kier alpha value is -1.55. The molecule has 0 unspecified atom stereocenters. The number of amides is 2. The normalized spacial score (nSPS) is 18.1. The molecule has 2 amide bonds. The molecule has 1 aliphatic heterocycles. The number of carbonyl (C=O) groups is 2. The summed E-state index contributed by atoms with van der Waals surface area (Å²) in [7, 11) is 0. The van der Waals surface area contributed by atoms with E-state index in [1.165, 1.54) is 0 Å². The Morgan fingerprint density at radius 1 is 1.21 bits per heavy atom. The van der Waals surface area contributed by atoms with Gasteiger partial charge in [-0.05, 0) is 30.5 Å². The zero-order valence-electron chi connectivity index (χ0n) is 10.9. The number of nitrogens with zero attached hydrogens (tertiary/aromatic N) is 1. The summed E-state index contributed by atoms with van der Waals surface area (Å²) in [5.41, 5.74) is 5.82. The van der Waals surface area contributed by atoms with Crippen molar-refractivity contribution < 1.29 is 9.59 Å². The van der Waals surface area contributed by atoms with Crippen LogP contribution < -0.4 is 5.73 Å². The lowest BCUT2D eigenvalue weighted by Gasteiger charge is -2.39. The second kappa shape index (κ2) is 5.21. The summed E-state index contributed by atoms with van der Waals surface area (Å²) in [6, 6.07) is 7.21. The van der Waals surface area contributed by atoms with Gasteiger partial charge >= 0.3 is 0 Å². The van der Waals surface area contributed by atoms with Crippen LogP contribution in [0.1, 0.15) is 25.3 Å². The molecule has 2 rings (SSSR count). The number of nitrogens with two attached hydrogens (primary N) is 1. The highest BCUT2D eigenvalue weighted by Crippen LogP contribution is 2.35. The van der Waals surface area contributed by atoms with E-state index >= 15 is 0 Å². The molecule has 19 heavy (non-hydrogen) atoms. The molecular weight excluding hydrogens is 264 g/mol. The number of halogens is 1. The Labute approximate surface area is 117 Å². The van der Waals surface area contributed by atoms with Gasteiger partial charge < -0.3 is 10.6 Å². The third-order valence-electron chi connectivity index (χ3n) is 3.93. The van der Waals surface area contributed by atoms with Crippen molar-refractivity contribution in [1.29, 1.82) is 0 Å². The highest BCUT2D eigenvalue weighted by atomic mass is 35.5. The fourth-order valence-corrected chi connectivity index (χ4v) is 2.78. The first-order valence-corrected chi connectivity index (χ1v) is 6.65. The van der Waals surface area contributed by atoms with Crippen LogP contribution >= 0.6 is 11.6 Å². The van der Waals surface area contributed by atoms with Crippen LogP contribution in [0.5, 0.6) is 0 Å². The molecular formula is C14H17ClN2O2. The van der Waals surface area contributed by atoms with E-state index in [2.05, 4.69) is 0 Å². The van der Waals surface area contributed by atoms with Crippen molar-refractivity contribution >= 4 is 23.4 Å². The number of hydrogen-bond acceptors (Lipinski definition) is 2. The van der Waals surface area contributed by atoms with Gasteiger partial charge in [0.2, 0.25) is 11.8 Å². The van der Waals surface area contributed by atoms with Crippen LogP contribution in [0.2, 0.25) is 5.02 Å². The lowest BCUT2D eigenvalue weighted by Crippen LogP contribution is -2.51. The van der Waals surface area contributed by atoms with Crippen LogP contribution in [0.15, 0.2) is 24.3 Å². The summed E-state index contributed by atoms with van der Waals surface area (Å²) in [6.45, 7) is 2.65. The number of piperidine rings is 1. The van der Waals surface area contributed by atoms with Crippen LogP contribution in [0.3, 0.4) is 0 Å². The van der Waals surface area contributed by atoms with Gasteiger partial charge in [-0.3, -0.25) is 9.59 Å². The van der Waals surface area contributed by atoms with Crippen molar-refractivity contribution in [2.24, 2.45) is 5.73 Å². The Kier molecular flexibility index (Phi) is 3.80. The molecule has 1 aliphatic rings. The monoisotopic (exact) mass is 280 g/mol. The molecule has 1 heterocycles. The fraction of sp³-hybridized carbons (Fsp3) is 0.429. The van der Waals surface area contributed by atoms with E-state index in [9.17, 15) is 9.59 Å². The average molecular weight is 281 g/mol. The van der Waals surface area contributed by atoms with E-state index in [1.54, 1.807) is 24.0 Å². The molecule has 5 heteroatoms. The van der Waals surface area contributed by atoms with Crippen molar-refractivity contribution in [2.45, 2.75) is 25.2 Å². The zero-order chi connectivity index (χ0) is 14.0. The van der Waals surface area contributed by atoms with Crippen LogP contribution in [0, 0.1) is 0 Å². The Morgan fingerprint density at radius 3 is 2.16 bits per heavy atom. The lowest BCUT2D eigenvalue weighted by molar-refractivity contribution is -0.134. The van der Waals surface area contributed by atoms with Gasteiger partial charge in [0.25, 0.3) is 0 Å². The Morgan fingerprint density at radius 2 is 1.74 bits per heavy atom. The largest absolute Gasteiger partial charge is 0.369 e. The molecule has 0 saturated carbocycles. The number of primary amides is 1. The third-order valence-corrected chi connectivity index (χ3v) is 4.18. The molecule has 4 nitrogen and oxygen atoms in total. The zero-order valence-corrected chi connectivity index (χ0v) is 11.6. The first-order valence-electron chi connectivity index (χ1n) is 6.27. The van der Waals surface area contributed by atoms with Crippen molar-refractivity contribution in [3.8, 4) is 0 Å². The maximum absolute atomic E-state index is 11.9. The first-order chi connectivity index (χ1) is 8.95. The minimum Gasteiger partial charge on any atom is -0.369 e. The van der Waals surface area contributed by atoms with Crippen LogP contribution in [0.25, 0.3) is 0 Å².